The summed E-state index contributed by atoms with van der Waals surface area (Å²) in [6.07, 6.45) is 13.0. The molecule has 0 bridgehead atoms. The van der Waals surface area contributed by atoms with Crippen LogP contribution in [0.1, 0.15) is 31.4 Å². The van der Waals surface area contributed by atoms with Crippen molar-refractivity contribution in [3.05, 3.63) is 60.7 Å². The van der Waals surface area contributed by atoms with Crippen molar-refractivity contribution in [2.45, 2.75) is 31.8 Å². The Labute approximate surface area is 125 Å². The second kappa shape index (κ2) is 5.15. The van der Waals surface area contributed by atoms with Gasteiger partial charge in [-0.15, -0.1) is 0 Å². The average molecular weight is 279 g/mol. The lowest BCUT2D eigenvalue weighted by Gasteiger charge is -2.42. The number of hydrogen-bond donors (Lipinski definition) is 1. The molecule has 1 aromatic carbocycles. The van der Waals surface area contributed by atoms with Gasteiger partial charge in [-0.25, -0.2) is 4.98 Å². The van der Waals surface area contributed by atoms with Crippen LogP contribution in [-0.2, 0) is 0 Å². The van der Waals surface area contributed by atoms with Crippen LogP contribution in [0.2, 0.25) is 0 Å². The van der Waals surface area contributed by atoms with Crippen LogP contribution in [0.3, 0.4) is 0 Å². The topological polar surface area (TPSA) is 29.9 Å². The summed E-state index contributed by atoms with van der Waals surface area (Å²) in [5, 5.41) is 3.79. The molecule has 4 rings (SSSR count). The molecular weight excluding hydrogens is 258 g/mol. The van der Waals surface area contributed by atoms with E-state index in [2.05, 4.69) is 53.6 Å². The molecule has 2 aliphatic carbocycles. The lowest BCUT2D eigenvalue weighted by atomic mass is 9.71. The molecule has 1 aromatic heterocycles. The molecule has 2 aromatic rings. The van der Waals surface area contributed by atoms with Crippen LogP contribution in [-0.4, -0.2) is 15.6 Å². The zero-order chi connectivity index (χ0) is 14.2. The number of nitrogens with one attached hydrogen (secondary N) is 1. The Hall–Kier alpha value is -1.87. The highest BCUT2D eigenvalue weighted by molar-refractivity contribution is 5.35. The summed E-state index contributed by atoms with van der Waals surface area (Å²) in [5.41, 5.74) is 2.51. The van der Waals surface area contributed by atoms with Gasteiger partial charge in [-0.2, -0.15) is 0 Å². The van der Waals surface area contributed by atoms with Gasteiger partial charge < -0.3 is 9.88 Å². The van der Waals surface area contributed by atoms with Gasteiger partial charge in [-0.05, 0) is 49.3 Å². The van der Waals surface area contributed by atoms with E-state index in [-0.39, 0.29) is 0 Å². The normalized spacial score (nSPS) is 28.1. The molecule has 0 unspecified atom stereocenters. The molecule has 1 N–H and O–H groups in total. The van der Waals surface area contributed by atoms with Crippen molar-refractivity contribution in [2.75, 3.05) is 0 Å². The van der Waals surface area contributed by atoms with Crippen LogP contribution in [0.5, 0.6) is 0 Å². The summed E-state index contributed by atoms with van der Waals surface area (Å²) in [4.78, 5) is 4.09. The molecule has 0 saturated heterocycles. The second-order valence-electron chi connectivity index (χ2n) is 6.29. The summed E-state index contributed by atoms with van der Waals surface area (Å²) >= 11 is 0. The molecule has 1 heterocycles. The maximum atomic E-state index is 4.09. The number of rotatable bonds is 4. The van der Waals surface area contributed by atoms with Gasteiger partial charge in [0.2, 0.25) is 0 Å². The van der Waals surface area contributed by atoms with E-state index in [1.165, 1.54) is 18.4 Å². The quantitative estimate of drug-likeness (QED) is 0.868. The molecule has 21 heavy (non-hydrogen) atoms. The highest BCUT2D eigenvalue weighted by Crippen LogP contribution is 2.43. The summed E-state index contributed by atoms with van der Waals surface area (Å²) in [5.74, 6) is 1.69. The third kappa shape index (κ3) is 2.32. The fourth-order valence-electron chi connectivity index (χ4n) is 3.67. The van der Waals surface area contributed by atoms with Crippen LogP contribution in [0.4, 0.5) is 0 Å². The highest BCUT2D eigenvalue weighted by atomic mass is 15.0. The Morgan fingerprint density at radius 3 is 2.86 bits per heavy atom. The zero-order valence-corrected chi connectivity index (χ0v) is 12.3. The number of hydrogen-bond acceptors (Lipinski definition) is 2. The zero-order valence-electron chi connectivity index (χ0n) is 12.3. The predicted molar refractivity (Wildman–Crippen MR) is 84.3 cm³/mol. The van der Waals surface area contributed by atoms with Crippen molar-refractivity contribution in [3.8, 4) is 5.69 Å². The number of benzene rings is 1. The first kappa shape index (κ1) is 12.8. The van der Waals surface area contributed by atoms with Crippen molar-refractivity contribution in [1.29, 1.82) is 0 Å². The fraction of sp³-hybridized carbons (Fsp3) is 0.389. The minimum atomic E-state index is 0.404. The van der Waals surface area contributed by atoms with Crippen LogP contribution in [0, 0.1) is 11.8 Å². The van der Waals surface area contributed by atoms with E-state index in [9.17, 15) is 0 Å². The molecule has 3 nitrogen and oxygen atoms in total. The first-order valence-electron chi connectivity index (χ1n) is 7.82. The van der Waals surface area contributed by atoms with E-state index in [4.69, 9.17) is 0 Å². The van der Waals surface area contributed by atoms with E-state index in [0.717, 1.165) is 17.5 Å². The van der Waals surface area contributed by atoms with E-state index in [1.807, 2.05) is 17.1 Å². The molecule has 1 saturated carbocycles. The lowest BCUT2D eigenvalue weighted by Crippen LogP contribution is -2.48. The molecule has 1 fully saturated rings. The van der Waals surface area contributed by atoms with E-state index in [1.54, 1.807) is 6.20 Å². The maximum absolute atomic E-state index is 4.09. The van der Waals surface area contributed by atoms with Gasteiger partial charge in [0.05, 0.1) is 6.33 Å². The van der Waals surface area contributed by atoms with Gasteiger partial charge in [0.15, 0.2) is 0 Å². The minimum absolute atomic E-state index is 0.404. The summed E-state index contributed by atoms with van der Waals surface area (Å²) in [6.45, 7) is 2.26. The molecule has 0 amide bonds. The van der Waals surface area contributed by atoms with Gasteiger partial charge in [-0.3, -0.25) is 0 Å². The van der Waals surface area contributed by atoms with Crippen molar-refractivity contribution < 1.29 is 0 Å². The van der Waals surface area contributed by atoms with Crippen LogP contribution >= 0.6 is 0 Å². The molecule has 0 radical (unpaired) electrons. The third-order valence-corrected chi connectivity index (χ3v) is 5.02. The number of allylic oxidation sites excluding steroid dienone is 1. The number of aromatic nitrogens is 2. The third-order valence-electron chi connectivity index (χ3n) is 5.02. The molecule has 2 aliphatic rings. The summed E-state index contributed by atoms with van der Waals surface area (Å²) in [6, 6.07) is 9.82. The van der Waals surface area contributed by atoms with Crippen molar-refractivity contribution in [1.82, 2.24) is 14.9 Å². The Morgan fingerprint density at radius 2 is 2.14 bits per heavy atom. The van der Waals surface area contributed by atoms with E-state index in [0.29, 0.717) is 12.1 Å². The number of nitrogens with zero attached hydrogens (tertiary/aromatic N) is 2. The SMILES string of the molecule is C[C@H](N[C@@H]1C[C@@H]2CC=C[C@@H]21)c1ccc(-n2ccnc2)cc1. The maximum Gasteiger partial charge on any atom is 0.0991 e. The van der Waals surface area contributed by atoms with Gasteiger partial charge in [0.25, 0.3) is 0 Å². The van der Waals surface area contributed by atoms with E-state index < -0.39 is 0 Å². The first-order chi connectivity index (χ1) is 10.3. The van der Waals surface area contributed by atoms with Gasteiger partial charge >= 0.3 is 0 Å². The lowest BCUT2D eigenvalue weighted by molar-refractivity contribution is 0.152. The largest absolute Gasteiger partial charge is 0.307 e. The average Bonchev–Trinajstić information content (AvgIpc) is 3.14. The Balaban J connectivity index is 1.42. The molecule has 0 spiro atoms. The van der Waals surface area contributed by atoms with Gasteiger partial charge in [-0.1, -0.05) is 24.3 Å². The molecular formula is C18H21N3. The van der Waals surface area contributed by atoms with Gasteiger partial charge in [0.1, 0.15) is 0 Å². The Morgan fingerprint density at radius 1 is 1.29 bits per heavy atom. The highest BCUT2D eigenvalue weighted by Gasteiger charge is 2.41. The smallest absolute Gasteiger partial charge is 0.0991 e. The first-order valence-corrected chi connectivity index (χ1v) is 7.82. The van der Waals surface area contributed by atoms with Crippen LogP contribution in [0.25, 0.3) is 5.69 Å². The van der Waals surface area contributed by atoms with Crippen LogP contribution < -0.4 is 5.32 Å². The van der Waals surface area contributed by atoms with Crippen molar-refractivity contribution >= 4 is 0 Å². The Bertz CT molecular complexity index is 627. The monoisotopic (exact) mass is 279 g/mol. The molecule has 4 atom stereocenters. The summed E-state index contributed by atoms with van der Waals surface area (Å²) in [7, 11) is 0. The van der Waals surface area contributed by atoms with Crippen LogP contribution in [0.15, 0.2) is 55.1 Å². The minimum Gasteiger partial charge on any atom is -0.307 e. The number of imidazole rings is 1. The standard InChI is InChI=1S/C18H21N3/c1-13(20-18-11-15-3-2-4-17(15)18)14-5-7-16(8-6-14)21-10-9-19-12-21/h2,4-10,12-13,15,17-18,20H,3,11H2,1H3/t13-,15-,17-,18+/m0/s1. The van der Waals surface area contributed by atoms with Crippen molar-refractivity contribution in [2.24, 2.45) is 11.8 Å². The van der Waals surface area contributed by atoms with Crippen molar-refractivity contribution in [3.63, 3.8) is 0 Å². The second-order valence-corrected chi connectivity index (χ2v) is 6.29. The molecule has 108 valence electrons. The summed E-state index contributed by atoms with van der Waals surface area (Å²) < 4.78 is 2.03. The number of fused-ring (bicyclic) bond motifs is 1. The molecule has 0 aliphatic heterocycles. The Kier molecular flexibility index (Phi) is 3.15. The molecule has 3 heteroatoms. The van der Waals surface area contributed by atoms with Gasteiger partial charge in [0, 0.05) is 30.2 Å². The predicted octanol–water partition coefficient (Wildman–Crippen LogP) is 3.49. The van der Waals surface area contributed by atoms with E-state index >= 15 is 0 Å². The fourth-order valence-corrected chi connectivity index (χ4v) is 3.67.